The highest BCUT2D eigenvalue weighted by Crippen LogP contribution is 2.13. The van der Waals surface area contributed by atoms with E-state index < -0.39 is 11.0 Å². The second kappa shape index (κ2) is 5.68. The van der Waals surface area contributed by atoms with Crippen molar-refractivity contribution in [3.8, 4) is 0 Å². The first-order valence-electron chi connectivity index (χ1n) is 5.59. The fourth-order valence-electron chi connectivity index (χ4n) is 1.86. The number of hydrogen-bond donors (Lipinski definition) is 0. The van der Waals surface area contributed by atoms with Gasteiger partial charge in [0.1, 0.15) is 0 Å². The molecule has 0 N–H and O–H groups in total. The van der Waals surface area contributed by atoms with Crippen molar-refractivity contribution in [2.45, 2.75) is 45.1 Å². The second-order valence-electron chi connectivity index (χ2n) is 3.98. The van der Waals surface area contributed by atoms with Crippen molar-refractivity contribution in [2.75, 3.05) is 13.1 Å². The van der Waals surface area contributed by atoms with Crippen molar-refractivity contribution >= 4 is 5.91 Å². The van der Waals surface area contributed by atoms with Crippen molar-refractivity contribution in [1.82, 2.24) is 4.90 Å². The summed E-state index contributed by atoms with van der Waals surface area (Å²) in [6.45, 7) is 3.35. The van der Waals surface area contributed by atoms with Gasteiger partial charge in [0.15, 0.2) is 0 Å². The van der Waals surface area contributed by atoms with Crippen LogP contribution in [-0.4, -0.2) is 34.9 Å². The summed E-state index contributed by atoms with van der Waals surface area (Å²) in [5.74, 6) is -0.286. The first-order valence-corrected chi connectivity index (χ1v) is 5.59. The molecule has 1 heterocycles. The number of nitrogens with zero attached hydrogens (tertiary/aromatic N) is 2. The van der Waals surface area contributed by atoms with Gasteiger partial charge in [-0.2, -0.15) is 0 Å². The molecule has 1 aliphatic heterocycles. The normalized spacial score (nSPS) is 17.8. The molecule has 0 aromatic rings. The van der Waals surface area contributed by atoms with Gasteiger partial charge in [-0.3, -0.25) is 14.9 Å². The molecule has 1 saturated heterocycles. The van der Waals surface area contributed by atoms with Gasteiger partial charge < -0.3 is 4.90 Å². The van der Waals surface area contributed by atoms with Gasteiger partial charge >= 0.3 is 0 Å². The first kappa shape index (κ1) is 11.9. The quantitative estimate of drug-likeness (QED) is 0.514. The minimum absolute atomic E-state index is 0.286. The largest absolute Gasteiger partial charge is 0.337 e. The zero-order chi connectivity index (χ0) is 11.3. The molecule has 1 atom stereocenters. The van der Waals surface area contributed by atoms with Crippen LogP contribution in [0.25, 0.3) is 0 Å². The maximum Gasteiger partial charge on any atom is 0.297 e. The molecule has 5 nitrogen and oxygen atoms in total. The molecule has 0 aromatic heterocycles. The second-order valence-corrected chi connectivity index (χ2v) is 3.98. The van der Waals surface area contributed by atoms with Crippen LogP contribution >= 0.6 is 0 Å². The standard InChI is InChI=1S/C10H18N2O3/c1-2-3-6-9(12(14)15)10(13)11-7-4-5-8-11/h9H,2-8H2,1H3. The molecule has 0 aromatic carbocycles. The lowest BCUT2D eigenvalue weighted by Gasteiger charge is -2.17. The van der Waals surface area contributed by atoms with Crippen LogP contribution in [0, 0.1) is 10.1 Å². The van der Waals surface area contributed by atoms with Gasteiger partial charge in [0, 0.05) is 24.4 Å². The first-order chi connectivity index (χ1) is 7.16. The van der Waals surface area contributed by atoms with Crippen LogP contribution in [0.5, 0.6) is 0 Å². The lowest BCUT2D eigenvalue weighted by atomic mass is 10.1. The molecular weight excluding hydrogens is 196 g/mol. The van der Waals surface area contributed by atoms with Gasteiger partial charge in [0.25, 0.3) is 11.9 Å². The van der Waals surface area contributed by atoms with Gasteiger partial charge in [-0.15, -0.1) is 0 Å². The Morgan fingerprint density at radius 3 is 2.53 bits per heavy atom. The average Bonchev–Trinajstić information content (AvgIpc) is 2.70. The average molecular weight is 214 g/mol. The maximum atomic E-state index is 11.8. The fourth-order valence-corrected chi connectivity index (χ4v) is 1.86. The summed E-state index contributed by atoms with van der Waals surface area (Å²) >= 11 is 0. The highest BCUT2D eigenvalue weighted by molar-refractivity contribution is 5.80. The smallest absolute Gasteiger partial charge is 0.297 e. The highest BCUT2D eigenvalue weighted by Gasteiger charge is 2.34. The Balaban J connectivity index is 2.53. The van der Waals surface area contributed by atoms with E-state index in [2.05, 4.69) is 0 Å². The maximum absolute atomic E-state index is 11.8. The summed E-state index contributed by atoms with van der Waals surface area (Å²) in [4.78, 5) is 23.7. The summed E-state index contributed by atoms with van der Waals surface area (Å²) in [6, 6.07) is -1.01. The van der Waals surface area contributed by atoms with Gasteiger partial charge in [0.2, 0.25) is 0 Å². The van der Waals surface area contributed by atoms with Gasteiger partial charge in [-0.1, -0.05) is 13.3 Å². The van der Waals surface area contributed by atoms with Crippen LogP contribution in [0.4, 0.5) is 0 Å². The molecule has 0 saturated carbocycles. The number of likely N-dealkylation sites (tertiary alicyclic amines) is 1. The van der Waals surface area contributed by atoms with Gasteiger partial charge in [-0.05, 0) is 19.3 Å². The molecule has 86 valence electrons. The number of amides is 1. The lowest BCUT2D eigenvalue weighted by molar-refractivity contribution is -0.509. The molecule has 1 fully saturated rings. The van der Waals surface area contributed by atoms with Crippen LogP contribution in [0.2, 0.25) is 0 Å². The summed E-state index contributed by atoms with van der Waals surface area (Å²) in [5.41, 5.74) is 0. The van der Waals surface area contributed by atoms with Crippen LogP contribution < -0.4 is 0 Å². The summed E-state index contributed by atoms with van der Waals surface area (Å²) in [5, 5.41) is 10.8. The van der Waals surface area contributed by atoms with Crippen LogP contribution in [0.3, 0.4) is 0 Å². The highest BCUT2D eigenvalue weighted by atomic mass is 16.6. The molecular formula is C10H18N2O3. The molecule has 0 aliphatic carbocycles. The molecule has 1 aliphatic rings. The molecule has 0 spiro atoms. The van der Waals surface area contributed by atoms with Crippen molar-refractivity contribution in [3.05, 3.63) is 10.1 Å². The predicted octanol–water partition coefficient (Wildman–Crippen LogP) is 1.44. The SMILES string of the molecule is CCCCC(C(=O)N1CCCC1)[N+](=O)[O-]. The number of unbranched alkanes of at least 4 members (excludes halogenated alkanes) is 1. The minimum atomic E-state index is -1.01. The lowest BCUT2D eigenvalue weighted by Crippen LogP contribution is -2.41. The third kappa shape index (κ3) is 3.18. The summed E-state index contributed by atoms with van der Waals surface area (Å²) in [6.07, 6.45) is 3.95. The molecule has 1 amide bonds. The van der Waals surface area contributed by atoms with Crippen molar-refractivity contribution < 1.29 is 9.72 Å². The van der Waals surface area contributed by atoms with Crippen LogP contribution in [0.15, 0.2) is 0 Å². The van der Waals surface area contributed by atoms with E-state index in [9.17, 15) is 14.9 Å². The number of nitro groups is 1. The zero-order valence-corrected chi connectivity index (χ0v) is 9.15. The molecule has 0 radical (unpaired) electrons. The van der Waals surface area contributed by atoms with E-state index in [0.717, 1.165) is 25.7 Å². The molecule has 1 unspecified atom stereocenters. The fraction of sp³-hybridized carbons (Fsp3) is 0.900. The van der Waals surface area contributed by atoms with Crippen LogP contribution in [-0.2, 0) is 4.79 Å². The zero-order valence-electron chi connectivity index (χ0n) is 9.15. The monoisotopic (exact) mass is 214 g/mol. The van der Waals surface area contributed by atoms with Gasteiger partial charge in [0.05, 0.1) is 0 Å². The Kier molecular flexibility index (Phi) is 4.52. The Labute approximate surface area is 89.6 Å². The van der Waals surface area contributed by atoms with Crippen molar-refractivity contribution in [3.63, 3.8) is 0 Å². The van der Waals surface area contributed by atoms with E-state index in [1.54, 1.807) is 4.90 Å². The van der Waals surface area contributed by atoms with E-state index in [1.807, 2.05) is 6.92 Å². The number of carbonyl (C=O) groups is 1. The van der Waals surface area contributed by atoms with Crippen molar-refractivity contribution in [1.29, 1.82) is 0 Å². The van der Waals surface area contributed by atoms with E-state index in [1.165, 1.54) is 0 Å². The number of rotatable bonds is 5. The third-order valence-electron chi connectivity index (χ3n) is 2.79. The Morgan fingerprint density at radius 2 is 2.07 bits per heavy atom. The van der Waals surface area contributed by atoms with Gasteiger partial charge in [-0.25, -0.2) is 0 Å². The third-order valence-corrected chi connectivity index (χ3v) is 2.79. The van der Waals surface area contributed by atoms with E-state index in [4.69, 9.17) is 0 Å². The van der Waals surface area contributed by atoms with E-state index >= 15 is 0 Å². The Bertz CT molecular complexity index is 237. The Hall–Kier alpha value is -1.13. The number of hydrogen-bond acceptors (Lipinski definition) is 3. The Morgan fingerprint density at radius 1 is 1.47 bits per heavy atom. The molecule has 5 heteroatoms. The predicted molar refractivity (Wildman–Crippen MR) is 56.1 cm³/mol. The van der Waals surface area contributed by atoms with Crippen molar-refractivity contribution in [2.24, 2.45) is 0 Å². The van der Waals surface area contributed by atoms with Crippen LogP contribution in [0.1, 0.15) is 39.0 Å². The summed E-state index contributed by atoms with van der Waals surface area (Å²) < 4.78 is 0. The molecule has 0 bridgehead atoms. The van der Waals surface area contributed by atoms with E-state index in [0.29, 0.717) is 19.5 Å². The summed E-state index contributed by atoms with van der Waals surface area (Å²) in [7, 11) is 0. The number of carbonyl (C=O) groups excluding carboxylic acids is 1. The molecule has 1 rings (SSSR count). The topological polar surface area (TPSA) is 63.5 Å². The minimum Gasteiger partial charge on any atom is -0.337 e. The van der Waals surface area contributed by atoms with E-state index in [-0.39, 0.29) is 5.91 Å². The molecule has 15 heavy (non-hydrogen) atoms.